The maximum atomic E-state index is 11.1. The Labute approximate surface area is 122 Å². The molecule has 2 N–H and O–H groups in total. The van der Waals surface area contributed by atoms with Gasteiger partial charge in [-0.05, 0) is 19.3 Å². The predicted molar refractivity (Wildman–Crippen MR) is 77.7 cm³/mol. The number of ether oxygens (including phenoxy) is 1. The third-order valence-corrected chi connectivity index (χ3v) is 3.87. The van der Waals surface area contributed by atoms with Gasteiger partial charge in [0.15, 0.2) is 5.16 Å². The van der Waals surface area contributed by atoms with Crippen molar-refractivity contribution >= 4 is 29.6 Å². The third-order valence-electron chi connectivity index (χ3n) is 3.02. The molecule has 0 amide bonds. The Hall–Kier alpha value is -1.57. The number of hydrogen-bond acceptors (Lipinski definition) is 8. The van der Waals surface area contributed by atoms with Gasteiger partial charge in [0, 0.05) is 18.8 Å². The minimum absolute atomic E-state index is 0.223. The SMILES string of the molecule is COC(=O)CCSc1nc(N)nc(N2CCCCC2)n1. The molecule has 8 heteroatoms. The van der Waals surface area contributed by atoms with E-state index in [0.717, 1.165) is 25.9 Å². The Bertz CT molecular complexity index is 465. The molecule has 1 aliphatic rings. The number of nitrogen functional groups attached to an aromatic ring is 1. The Balaban J connectivity index is 1.98. The van der Waals surface area contributed by atoms with Gasteiger partial charge in [-0.3, -0.25) is 4.79 Å². The first-order valence-electron chi connectivity index (χ1n) is 6.65. The van der Waals surface area contributed by atoms with Crippen molar-refractivity contribution in [3.63, 3.8) is 0 Å². The Kier molecular flexibility index (Phi) is 5.40. The minimum Gasteiger partial charge on any atom is -0.469 e. The van der Waals surface area contributed by atoms with Crippen molar-refractivity contribution in [1.82, 2.24) is 15.0 Å². The van der Waals surface area contributed by atoms with Crippen LogP contribution in [0.25, 0.3) is 0 Å². The number of thioether (sulfide) groups is 1. The summed E-state index contributed by atoms with van der Waals surface area (Å²) in [5, 5.41) is 0.557. The number of rotatable bonds is 5. The lowest BCUT2D eigenvalue weighted by Crippen LogP contribution is -2.31. The molecule has 7 nitrogen and oxygen atoms in total. The summed E-state index contributed by atoms with van der Waals surface area (Å²) in [7, 11) is 1.38. The van der Waals surface area contributed by atoms with E-state index >= 15 is 0 Å². The van der Waals surface area contributed by atoms with Crippen LogP contribution in [0.2, 0.25) is 0 Å². The topological polar surface area (TPSA) is 94.2 Å². The first-order valence-corrected chi connectivity index (χ1v) is 7.63. The van der Waals surface area contributed by atoms with Gasteiger partial charge in [0.2, 0.25) is 11.9 Å². The van der Waals surface area contributed by atoms with Gasteiger partial charge < -0.3 is 15.4 Å². The van der Waals surface area contributed by atoms with Gasteiger partial charge in [-0.2, -0.15) is 15.0 Å². The van der Waals surface area contributed by atoms with Gasteiger partial charge in [0.05, 0.1) is 13.5 Å². The van der Waals surface area contributed by atoms with Gasteiger partial charge in [-0.15, -0.1) is 0 Å². The lowest BCUT2D eigenvalue weighted by molar-refractivity contribution is -0.140. The quantitative estimate of drug-likeness (QED) is 0.638. The molecule has 2 heterocycles. The molecule has 0 atom stereocenters. The predicted octanol–water partition coefficient (Wildman–Crippen LogP) is 1.10. The summed E-state index contributed by atoms with van der Waals surface area (Å²) < 4.78 is 4.59. The highest BCUT2D eigenvalue weighted by Crippen LogP contribution is 2.20. The maximum Gasteiger partial charge on any atom is 0.306 e. The molecular formula is C12H19N5O2S. The van der Waals surface area contributed by atoms with E-state index in [-0.39, 0.29) is 11.9 Å². The molecule has 0 unspecified atom stereocenters. The van der Waals surface area contributed by atoms with Crippen molar-refractivity contribution in [2.24, 2.45) is 0 Å². The van der Waals surface area contributed by atoms with Crippen LogP contribution in [-0.2, 0) is 9.53 Å². The van der Waals surface area contributed by atoms with Crippen molar-refractivity contribution in [1.29, 1.82) is 0 Å². The number of carbonyl (C=O) groups is 1. The number of methoxy groups -OCH3 is 1. The van der Waals surface area contributed by atoms with Crippen molar-refractivity contribution in [2.75, 3.05) is 36.6 Å². The number of hydrogen-bond donors (Lipinski definition) is 1. The Morgan fingerprint density at radius 2 is 2.05 bits per heavy atom. The van der Waals surface area contributed by atoms with Crippen LogP contribution in [-0.4, -0.2) is 46.9 Å². The highest BCUT2D eigenvalue weighted by molar-refractivity contribution is 7.99. The van der Waals surface area contributed by atoms with E-state index in [1.165, 1.54) is 25.3 Å². The number of esters is 1. The van der Waals surface area contributed by atoms with E-state index in [2.05, 4.69) is 24.6 Å². The van der Waals surface area contributed by atoms with Crippen molar-refractivity contribution < 1.29 is 9.53 Å². The maximum absolute atomic E-state index is 11.1. The molecule has 1 aliphatic heterocycles. The van der Waals surface area contributed by atoms with Gasteiger partial charge in [-0.25, -0.2) is 0 Å². The smallest absolute Gasteiger partial charge is 0.306 e. The highest BCUT2D eigenvalue weighted by atomic mass is 32.2. The highest BCUT2D eigenvalue weighted by Gasteiger charge is 2.15. The van der Waals surface area contributed by atoms with Crippen LogP contribution in [0.3, 0.4) is 0 Å². The lowest BCUT2D eigenvalue weighted by atomic mass is 10.1. The first-order chi connectivity index (χ1) is 9.69. The van der Waals surface area contributed by atoms with Gasteiger partial charge in [-0.1, -0.05) is 11.8 Å². The Morgan fingerprint density at radius 1 is 1.30 bits per heavy atom. The molecule has 0 saturated carbocycles. The van der Waals surface area contributed by atoms with Crippen LogP contribution in [0.5, 0.6) is 0 Å². The Morgan fingerprint density at radius 3 is 2.75 bits per heavy atom. The molecule has 0 bridgehead atoms. The molecule has 0 radical (unpaired) electrons. The fourth-order valence-electron chi connectivity index (χ4n) is 1.99. The summed E-state index contributed by atoms with van der Waals surface area (Å²) in [5.74, 6) is 1.19. The van der Waals surface area contributed by atoms with E-state index < -0.39 is 0 Å². The fourth-order valence-corrected chi connectivity index (χ4v) is 2.74. The molecule has 0 spiro atoms. The fraction of sp³-hybridized carbons (Fsp3) is 0.667. The molecule has 0 aliphatic carbocycles. The summed E-state index contributed by atoms with van der Waals surface area (Å²) in [5.41, 5.74) is 5.73. The summed E-state index contributed by atoms with van der Waals surface area (Å²) in [6.07, 6.45) is 3.87. The van der Waals surface area contributed by atoms with Crippen LogP contribution in [0.1, 0.15) is 25.7 Å². The van der Waals surface area contributed by atoms with Crippen LogP contribution < -0.4 is 10.6 Å². The zero-order valence-corrected chi connectivity index (χ0v) is 12.4. The molecule has 1 saturated heterocycles. The average Bonchev–Trinajstić information content (AvgIpc) is 2.47. The van der Waals surface area contributed by atoms with Crippen LogP contribution >= 0.6 is 11.8 Å². The molecular weight excluding hydrogens is 278 g/mol. The van der Waals surface area contributed by atoms with Crippen LogP contribution in [0.15, 0.2) is 5.16 Å². The average molecular weight is 297 g/mol. The number of piperidine rings is 1. The van der Waals surface area contributed by atoms with Crippen molar-refractivity contribution in [3.05, 3.63) is 0 Å². The second-order valence-corrected chi connectivity index (χ2v) is 5.56. The third kappa shape index (κ3) is 4.22. The molecule has 20 heavy (non-hydrogen) atoms. The summed E-state index contributed by atoms with van der Waals surface area (Å²) in [6, 6.07) is 0. The normalized spacial score (nSPS) is 15.2. The van der Waals surface area contributed by atoms with Crippen LogP contribution in [0, 0.1) is 0 Å². The molecule has 0 aromatic carbocycles. The number of carbonyl (C=O) groups excluding carboxylic acids is 1. The summed E-state index contributed by atoms with van der Waals surface area (Å²) >= 11 is 1.39. The molecule has 1 aromatic heterocycles. The summed E-state index contributed by atoms with van der Waals surface area (Å²) in [4.78, 5) is 25.9. The standard InChI is InChI=1S/C12H19N5O2S/c1-19-9(18)5-8-20-12-15-10(13)14-11(16-12)17-6-3-2-4-7-17/h2-8H2,1H3,(H2,13,14,15,16). The van der Waals surface area contributed by atoms with E-state index in [1.54, 1.807) is 0 Å². The zero-order chi connectivity index (χ0) is 14.4. The van der Waals surface area contributed by atoms with E-state index in [0.29, 0.717) is 23.3 Å². The van der Waals surface area contributed by atoms with E-state index in [1.807, 2.05) is 0 Å². The zero-order valence-electron chi connectivity index (χ0n) is 11.5. The molecule has 110 valence electrons. The second kappa shape index (κ2) is 7.28. The van der Waals surface area contributed by atoms with Crippen molar-refractivity contribution in [2.45, 2.75) is 30.8 Å². The second-order valence-electron chi connectivity index (χ2n) is 4.50. The monoisotopic (exact) mass is 297 g/mol. The van der Waals surface area contributed by atoms with Crippen LogP contribution in [0.4, 0.5) is 11.9 Å². The number of aromatic nitrogens is 3. The van der Waals surface area contributed by atoms with Crippen molar-refractivity contribution in [3.8, 4) is 0 Å². The summed E-state index contributed by atoms with van der Waals surface area (Å²) in [6.45, 7) is 1.91. The number of nitrogens with two attached hydrogens (primary N) is 1. The van der Waals surface area contributed by atoms with E-state index in [4.69, 9.17) is 5.73 Å². The van der Waals surface area contributed by atoms with E-state index in [9.17, 15) is 4.79 Å². The molecule has 1 aromatic rings. The minimum atomic E-state index is -0.240. The first kappa shape index (κ1) is 14.8. The molecule has 2 rings (SSSR count). The molecule has 1 fully saturated rings. The lowest BCUT2D eigenvalue weighted by Gasteiger charge is -2.26. The number of nitrogens with zero attached hydrogens (tertiary/aromatic N) is 4. The number of anilines is 2. The largest absolute Gasteiger partial charge is 0.469 e. The van der Waals surface area contributed by atoms with Gasteiger partial charge in [0.25, 0.3) is 0 Å². The van der Waals surface area contributed by atoms with Gasteiger partial charge >= 0.3 is 5.97 Å². The van der Waals surface area contributed by atoms with Gasteiger partial charge in [0.1, 0.15) is 0 Å².